The lowest BCUT2D eigenvalue weighted by molar-refractivity contribution is -0.146. The van der Waals surface area contributed by atoms with Crippen molar-refractivity contribution in [1.82, 2.24) is 10.5 Å². The molecule has 1 aliphatic carbocycles. The smallest absolute Gasteiger partial charge is 0.329 e. The van der Waals surface area contributed by atoms with Gasteiger partial charge < -0.3 is 19.7 Å². The fourth-order valence-electron chi connectivity index (χ4n) is 2.56. The maximum absolute atomic E-state index is 12.2. The quantitative estimate of drug-likeness (QED) is 0.855. The fourth-order valence-corrected chi connectivity index (χ4v) is 2.56. The summed E-state index contributed by atoms with van der Waals surface area (Å²) in [5.74, 6) is -0.625. The van der Waals surface area contributed by atoms with Crippen LogP contribution in [0.2, 0.25) is 0 Å². The highest BCUT2D eigenvalue weighted by atomic mass is 16.5. The highest BCUT2D eigenvalue weighted by Crippen LogP contribution is 2.32. The summed E-state index contributed by atoms with van der Waals surface area (Å²) in [6.45, 7) is 2.30. The van der Waals surface area contributed by atoms with E-state index in [2.05, 4.69) is 17.4 Å². The van der Waals surface area contributed by atoms with E-state index in [1.54, 1.807) is 0 Å². The number of ether oxygens (including phenoxy) is 1. The van der Waals surface area contributed by atoms with Crippen molar-refractivity contribution in [3.8, 4) is 0 Å². The van der Waals surface area contributed by atoms with Crippen molar-refractivity contribution < 1.29 is 24.0 Å². The second kappa shape index (κ2) is 6.26. The molecule has 1 aromatic heterocycles. The number of rotatable bonds is 5. The number of hydrogen-bond acceptors (Lipinski definition) is 5. The second-order valence-electron chi connectivity index (χ2n) is 5.64. The predicted octanol–water partition coefficient (Wildman–Crippen LogP) is 1.58. The van der Waals surface area contributed by atoms with Crippen molar-refractivity contribution in [2.75, 3.05) is 7.11 Å². The van der Waals surface area contributed by atoms with E-state index in [4.69, 9.17) is 9.26 Å². The minimum Gasteiger partial charge on any atom is -0.480 e. The van der Waals surface area contributed by atoms with Gasteiger partial charge in [0.25, 0.3) is 5.91 Å². The zero-order chi connectivity index (χ0) is 15.5. The number of carbonyl (C=O) groups excluding carboxylic acids is 1. The van der Waals surface area contributed by atoms with E-state index in [0.717, 1.165) is 12.8 Å². The van der Waals surface area contributed by atoms with Crippen LogP contribution in [-0.2, 0) is 16.1 Å². The average molecular weight is 296 g/mol. The van der Waals surface area contributed by atoms with Crippen molar-refractivity contribution in [2.24, 2.45) is 5.92 Å². The molecule has 1 aliphatic rings. The van der Waals surface area contributed by atoms with Crippen LogP contribution in [0, 0.1) is 5.92 Å². The highest BCUT2D eigenvalue weighted by molar-refractivity contribution is 5.96. The van der Waals surface area contributed by atoms with E-state index < -0.39 is 17.4 Å². The third-order valence-corrected chi connectivity index (χ3v) is 3.97. The Bertz CT molecular complexity index is 517. The Morgan fingerprint density at radius 1 is 1.52 bits per heavy atom. The zero-order valence-electron chi connectivity index (χ0n) is 12.2. The third-order valence-electron chi connectivity index (χ3n) is 3.97. The molecule has 7 heteroatoms. The molecule has 2 rings (SSSR count). The van der Waals surface area contributed by atoms with Gasteiger partial charge in [-0.15, -0.1) is 0 Å². The number of nitrogens with zero attached hydrogens (tertiary/aromatic N) is 1. The van der Waals surface area contributed by atoms with Crippen molar-refractivity contribution >= 4 is 11.9 Å². The van der Waals surface area contributed by atoms with Crippen LogP contribution in [-0.4, -0.2) is 34.8 Å². The molecule has 0 radical (unpaired) electrons. The SMILES string of the molecule is COCc1cc(C(=O)NC2(C(=O)O)CCC(C)CC2)no1. The van der Waals surface area contributed by atoms with Gasteiger partial charge in [0, 0.05) is 13.2 Å². The van der Waals surface area contributed by atoms with Crippen LogP contribution < -0.4 is 5.32 Å². The predicted molar refractivity (Wildman–Crippen MR) is 72.7 cm³/mol. The summed E-state index contributed by atoms with van der Waals surface area (Å²) >= 11 is 0. The molecule has 2 N–H and O–H groups in total. The second-order valence-corrected chi connectivity index (χ2v) is 5.64. The summed E-state index contributed by atoms with van der Waals surface area (Å²) in [6.07, 6.45) is 2.41. The lowest BCUT2D eigenvalue weighted by Gasteiger charge is -2.36. The Labute approximate surface area is 122 Å². The van der Waals surface area contributed by atoms with Gasteiger partial charge in [0.05, 0.1) is 0 Å². The van der Waals surface area contributed by atoms with Crippen molar-refractivity contribution in [3.63, 3.8) is 0 Å². The van der Waals surface area contributed by atoms with E-state index in [-0.39, 0.29) is 12.3 Å². The first-order valence-corrected chi connectivity index (χ1v) is 6.97. The van der Waals surface area contributed by atoms with E-state index in [1.165, 1.54) is 13.2 Å². The number of amides is 1. The Morgan fingerprint density at radius 2 is 2.19 bits per heavy atom. The molecule has 1 saturated carbocycles. The number of aromatic nitrogens is 1. The van der Waals surface area contributed by atoms with Gasteiger partial charge in [-0.25, -0.2) is 4.79 Å². The minimum atomic E-state index is -1.20. The first kappa shape index (κ1) is 15.5. The molecule has 1 heterocycles. The highest BCUT2D eigenvalue weighted by Gasteiger charge is 2.43. The number of aliphatic carboxylic acids is 1. The summed E-state index contributed by atoms with van der Waals surface area (Å²) in [6, 6.07) is 1.46. The van der Waals surface area contributed by atoms with Gasteiger partial charge in [-0.2, -0.15) is 0 Å². The lowest BCUT2D eigenvalue weighted by atomic mass is 9.77. The molecule has 0 unspecified atom stereocenters. The number of carbonyl (C=O) groups is 2. The molecule has 0 aliphatic heterocycles. The van der Waals surface area contributed by atoms with Crippen LogP contribution >= 0.6 is 0 Å². The normalized spacial score (nSPS) is 25.5. The summed E-state index contributed by atoms with van der Waals surface area (Å²) < 4.78 is 9.82. The molecule has 0 aromatic carbocycles. The third kappa shape index (κ3) is 3.41. The number of nitrogens with one attached hydrogen (secondary N) is 1. The monoisotopic (exact) mass is 296 g/mol. The molecule has 0 spiro atoms. The van der Waals surface area contributed by atoms with Crippen molar-refractivity contribution in [1.29, 1.82) is 0 Å². The Balaban J connectivity index is 2.09. The van der Waals surface area contributed by atoms with Gasteiger partial charge in [0.15, 0.2) is 11.5 Å². The van der Waals surface area contributed by atoms with Gasteiger partial charge in [0.1, 0.15) is 12.1 Å². The van der Waals surface area contributed by atoms with Crippen molar-refractivity contribution in [3.05, 3.63) is 17.5 Å². The van der Waals surface area contributed by atoms with Crippen LogP contribution in [0.5, 0.6) is 0 Å². The zero-order valence-corrected chi connectivity index (χ0v) is 12.2. The first-order chi connectivity index (χ1) is 9.97. The Kier molecular flexibility index (Phi) is 4.62. The van der Waals surface area contributed by atoms with Gasteiger partial charge in [0.2, 0.25) is 0 Å². The number of hydrogen-bond donors (Lipinski definition) is 2. The van der Waals surface area contributed by atoms with Gasteiger partial charge in [-0.1, -0.05) is 12.1 Å². The summed E-state index contributed by atoms with van der Waals surface area (Å²) in [5.41, 5.74) is -1.13. The molecule has 0 atom stereocenters. The van der Waals surface area contributed by atoms with E-state index >= 15 is 0 Å². The van der Waals surface area contributed by atoms with Gasteiger partial charge >= 0.3 is 5.97 Å². The molecule has 1 amide bonds. The molecule has 0 saturated heterocycles. The van der Waals surface area contributed by atoms with Crippen molar-refractivity contribution in [2.45, 2.75) is 44.8 Å². The maximum Gasteiger partial charge on any atom is 0.329 e. The molecule has 7 nitrogen and oxygen atoms in total. The van der Waals surface area contributed by atoms with Crippen LogP contribution in [0.15, 0.2) is 10.6 Å². The van der Waals surface area contributed by atoms with Crippen LogP contribution in [0.3, 0.4) is 0 Å². The Morgan fingerprint density at radius 3 is 2.76 bits per heavy atom. The average Bonchev–Trinajstić information content (AvgIpc) is 2.90. The lowest BCUT2D eigenvalue weighted by Crippen LogP contribution is -2.56. The van der Waals surface area contributed by atoms with Gasteiger partial charge in [-0.3, -0.25) is 4.79 Å². The van der Waals surface area contributed by atoms with Crippen LogP contribution in [0.25, 0.3) is 0 Å². The number of carboxylic acid groups (broad SMARTS) is 1. The summed E-state index contributed by atoms with van der Waals surface area (Å²) in [5, 5.41) is 15.7. The van der Waals surface area contributed by atoms with Crippen LogP contribution in [0.4, 0.5) is 0 Å². The molecule has 116 valence electrons. The standard InChI is InChI=1S/C14H20N2O5/c1-9-3-5-14(6-4-9,13(18)19)15-12(17)11-7-10(8-20-2)21-16-11/h7,9H,3-6,8H2,1-2H3,(H,15,17)(H,18,19). The molecular weight excluding hydrogens is 276 g/mol. The van der Waals surface area contributed by atoms with E-state index in [1.807, 2.05) is 0 Å². The van der Waals surface area contributed by atoms with Crippen LogP contribution in [0.1, 0.15) is 48.9 Å². The fraction of sp³-hybridized carbons (Fsp3) is 0.643. The summed E-state index contributed by atoms with van der Waals surface area (Å²) in [7, 11) is 1.50. The Hall–Kier alpha value is -1.89. The molecule has 0 bridgehead atoms. The molecule has 1 fully saturated rings. The largest absolute Gasteiger partial charge is 0.480 e. The minimum absolute atomic E-state index is 0.0706. The molecular formula is C14H20N2O5. The first-order valence-electron chi connectivity index (χ1n) is 6.97. The maximum atomic E-state index is 12.2. The topological polar surface area (TPSA) is 102 Å². The number of carboxylic acids is 1. The van der Waals surface area contributed by atoms with E-state index in [0.29, 0.717) is 24.5 Å². The number of methoxy groups -OCH3 is 1. The summed E-state index contributed by atoms with van der Waals surface area (Å²) in [4.78, 5) is 23.8. The van der Waals surface area contributed by atoms with Gasteiger partial charge in [-0.05, 0) is 31.6 Å². The molecule has 21 heavy (non-hydrogen) atoms. The molecule has 1 aromatic rings. The van der Waals surface area contributed by atoms with E-state index in [9.17, 15) is 14.7 Å².